The topological polar surface area (TPSA) is 79.4 Å². The summed E-state index contributed by atoms with van der Waals surface area (Å²) < 4.78 is 26.7. The van der Waals surface area contributed by atoms with E-state index in [9.17, 15) is 13.2 Å². The number of carbonyl (C=O) groups excluding carboxylic acids is 1. The van der Waals surface area contributed by atoms with Crippen molar-refractivity contribution in [2.24, 2.45) is 0 Å². The number of hydrogen-bond donors (Lipinski definition) is 1. The first-order chi connectivity index (χ1) is 15.3. The number of amides is 1. The molecule has 0 aliphatic carbocycles. The summed E-state index contributed by atoms with van der Waals surface area (Å²) in [5, 5.41) is 6.20. The zero-order valence-corrected chi connectivity index (χ0v) is 20.6. The Balaban J connectivity index is 1.63. The lowest BCUT2D eigenvalue weighted by Crippen LogP contribution is -2.30. The Morgan fingerprint density at radius 3 is 2.41 bits per heavy atom. The van der Waals surface area contributed by atoms with E-state index in [1.165, 1.54) is 15.6 Å². The SMILES string of the molecule is CCN(CC)S(=O)(=O)c1ccc(C(C)NC(=O)Cc2csc(-c3ccccc3Cl)n2)cc1. The van der Waals surface area contributed by atoms with E-state index in [0.29, 0.717) is 23.8 Å². The van der Waals surface area contributed by atoms with Crippen LogP contribution in [0.1, 0.15) is 38.1 Å². The van der Waals surface area contributed by atoms with Crippen LogP contribution in [0.5, 0.6) is 0 Å². The van der Waals surface area contributed by atoms with Crippen LogP contribution in [0.3, 0.4) is 0 Å². The van der Waals surface area contributed by atoms with Gasteiger partial charge >= 0.3 is 0 Å². The van der Waals surface area contributed by atoms with Crippen molar-refractivity contribution in [1.29, 1.82) is 0 Å². The number of hydrogen-bond acceptors (Lipinski definition) is 5. The maximum atomic E-state index is 12.6. The molecule has 0 radical (unpaired) electrons. The highest BCUT2D eigenvalue weighted by Gasteiger charge is 2.22. The van der Waals surface area contributed by atoms with Crippen LogP contribution in [-0.4, -0.2) is 36.7 Å². The number of nitrogens with one attached hydrogen (secondary N) is 1. The van der Waals surface area contributed by atoms with Gasteiger partial charge in [0, 0.05) is 24.0 Å². The van der Waals surface area contributed by atoms with E-state index in [1.807, 2.05) is 50.4 Å². The molecule has 1 aromatic heterocycles. The van der Waals surface area contributed by atoms with Crippen molar-refractivity contribution >= 4 is 38.9 Å². The van der Waals surface area contributed by atoms with Gasteiger partial charge in [0.05, 0.1) is 28.1 Å². The minimum atomic E-state index is -3.50. The van der Waals surface area contributed by atoms with E-state index in [-0.39, 0.29) is 23.3 Å². The summed E-state index contributed by atoms with van der Waals surface area (Å²) in [6.07, 6.45) is 0.152. The van der Waals surface area contributed by atoms with Gasteiger partial charge in [0.1, 0.15) is 5.01 Å². The second-order valence-electron chi connectivity index (χ2n) is 7.25. The van der Waals surface area contributed by atoms with Crippen molar-refractivity contribution in [1.82, 2.24) is 14.6 Å². The zero-order valence-electron chi connectivity index (χ0n) is 18.2. The molecule has 32 heavy (non-hydrogen) atoms. The van der Waals surface area contributed by atoms with Gasteiger partial charge in [-0.2, -0.15) is 4.31 Å². The first-order valence-electron chi connectivity index (χ1n) is 10.3. The fourth-order valence-electron chi connectivity index (χ4n) is 3.33. The second kappa shape index (κ2) is 10.6. The Labute approximate surface area is 198 Å². The fraction of sp³-hybridized carbons (Fsp3) is 0.304. The van der Waals surface area contributed by atoms with Crippen molar-refractivity contribution in [2.75, 3.05) is 13.1 Å². The number of aromatic nitrogens is 1. The summed E-state index contributed by atoms with van der Waals surface area (Å²) in [7, 11) is -3.50. The smallest absolute Gasteiger partial charge is 0.243 e. The van der Waals surface area contributed by atoms with E-state index in [2.05, 4.69) is 10.3 Å². The highest BCUT2D eigenvalue weighted by atomic mass is 35.5. The number of benzene rings is 2. The minimum Gasteiger partial charge on any atom is -0.349 e. The number of nitrogens with zero attached hydrogens (tertiary/aromatic N) is 2. The van der Waals surface area contributed by atoms with Gasteiger partial charge in [-0.1, -0.05) is 55.8 Å². The van der Waals surface area contributed by atoms with Gasteiger partial charge in [0.2, 0.25) is 15.9 Å². The summed E-state index contributed by atoms with van der Waals surface area (Å²) in [4.78, 5) is 17.3. The monoisotopic (exact) mass is 491 g/mol. The molecule has 1 amide bonds. The van der Waals surface area contributed by atoms with E-state index >= 15 is 0 Å². The predicted octanol–water partition coefficient (Wildman–Crippen LogP) is 4.91. The Morgan fingerprint density at radius 1 is 1.12 bits per heavy atom. The van der Waals surface area contributed by atoms with Crippen LogP contribution >= 0.6 is 22.9 Å². The van der Waals surface area contributed by atoms with Gasteiger partial charge in [-0.05, 0) is 30.7 Å². The molecule has 0 fully saturated rings. The molecule has 0 bridgehead atoms. The molecule has 3 aromatic rings. The van der Waals surface area contributed by atoms with Gasteiger partial charge in [0.15, 0.2) is 0 Å². The first-order valence-corrected chi connectivity index (χ1v) is 13.0. The van der Waals surface area contributed by atoms with E-state index in [0.717, 1.165) is 16.1 Å². The number of rotatable bonds is 9. The molecule has 0 saturated heterocycles. The molecule has 2 aromatic carbocycles. The van der Waals surface area contributed by atoms with E-state index < -0.39 is 10.0 Å². The number of thiazole rings is 1. The van der Waals surface area contributed by atoms with E-state index in [1.54, 1.807) is 24.3 Å². The average Bonchev–Trinajstić information content (AvgIpc) is 3.22. The Morgan fingerprint density at radius 2 is 1.78 bits per heavy atom. The molecule has 170 valence electrons. The number of halogens is 1. The minimum absolute atomic E-state index is 0.152. The molecular formula is C23H26ClN3O3S2. The van der Waals surface area contributed by atoms with Crippen LogP contribution in [0.4, 0.5) is 0 Å². The largest absolute Gasteiger partial charge is 0.349 e. The van der Waals surface area contributed by atoms with Gasteiger partial charge in [-0.3, -0.25) is 4.79 Å². The third-order valence-electron chi connectivity index (χ3n) is 5.10. The van der Waals surface area contributed by atoms with Crippen molar-refractivity contribution in [3.63, 3.8) is 0 Å². The predicted molar refractivity (Wildman–Crippen MR) is 129 cm³/mol. The molecule has 1 atom stereocenters. The second-order valence-corrected chi connectivity index (χ2v) is 10.5. The van der Waals surface area contributed by atoms with Crippen LogP contribution in [0, 0.1) is 0 Å². The van der Waals surface area contributed by atoms with E-state index in [4.69, 9.17) is 11.6 Å². The average molecular weight is 492 g/mol. The van der Waals surface area contributed by atoms with Crippen LogP contribution < -0.4 is 5.32 Å². The summed E-state index contributed by atoms with van der Waals surface area (Å²) in [6.45, 7) is 6.32. The van der Waals surface area contributed by atoms with Gasteiger partial charge in [0.25, 0.3) is 0 Å². The number of sulfonamides is 1. The maximum Gasteiger partial charge on any atom is 0.243 e. The van der Waals surface area contributed by atoms with Crippen molar-refractivity contribution in [3.05, 3.63) is 70.2 Å². The molecule has 9 heteroatoms. The third-order valence-corrected chi connectivity index (χ3v) is 8.42. The molecule has 1 heterocycles. The molecule has 1 N–H and O–H groups in total. The fourth-order valence-corrected chi connectivity index (χ4v) is 5.93. The summed E-state index contributed by atoms with van der Waals surface area (Å²) >= 11 is 7.68. The summed E-state index contributed by atoms with van der Waals surface area (Å²) in [5.74, 6) is -0.159. The first kappa shape index (κ1) is 24.4. The molecule has 1 unspecified atom stereocenters. The van der Waals surface area contributed by atoms with Crippen LogP contribution in [-0.2, 0) is 21.2 Å². The van der Waals surface area contributed by atoms with Crippen LogP contribution in [0.25, 0.3) is 10.6 Å². The lowest BCUT2D eigenvalue weighted by atomic mass is 10.1. The number of carbonyl (C=O) groups is 1. The highest BCUT2D eigenvalue weighted by Crippen LogP contribution is 2.30. The van der Waals surface area contributed by atoms with Crippen molar-refractivity contribution < 1.29 is 13.2 Å². The summed E-state index contributed by atoms with van der Waals surface area (Å²) in [6, 6.07) is 13.8. The third kappa shape index (κ3) is 5.56. The zero-order chi connectivity index (χ0) is 23.3. The van der Waals surface area contributed by atoms with Gasteiger partial charge < -0.3 is 5.32 Å². The Bertz CT molecular complexity index is 1170. The lowest BCUT2D eigenvalue weighted by Gasteiger charge is -2.19. The van der Waals surface area contributed by atoms with Crippen molar-refractivity contribution in [2.45, 2.75) is 38.1 Å². The maximum absolute atomic E-state index is 12.6. The van der Waals surface area contributed by atoms with Crippen LogP contribution in [0.15, 0.2) is 58.8 Å². The Kier molecular flexibility index (Phi) is 8.05. The molecule has 6 nitrogen and oxygen atoms in total. The van der Waals surface area contributed by atoms with Gasteiger partial charge in [-0.25, -0.2) is 13.4 Å². The molecule has 0 saturated carbocycles. The van der Waals surface area contributed by atoms with Crippen LogP contribution in [0.2, 0.25) is 5.02 Å². The van der Waals surface area contributed by atoms with Gasteiger partial charge in [-0.15, -0.1) is 11.3 Å². The summed E-state index contributed by atoms with van der Waals surface area (Å²) in [5.41, 5.74) is 2.35. The normalized spacial score (nSPS) is 12.7. The molecule has 0 aliphatic heterocycles. The molecule has 0 aliphatic rings. The Hall–Kier alpha value is -2.26. The molecule has 0 spiro atoms. The molecule has 3 rings (SSSR count). The standard InChI is InChI=1S/C23H26ClN3O3S2/c1-4-27(5-2)32(29,30)19-12-10-17(11-13-19)16(3)25-22(28)14-18-15-31-23(26-18)20-8-6-7-9-21(20)24/h6-13,15-16H,4-5,14H2,1-3H3,(H,25,28). The molecular weight excluding hydrogens is 466 g/mol. The quantitative estimate of drug-likeness (QED) is 0.461. The highest BCUT2D eigenvalue weighted by molar-refractivity contribution is 7.89. The lowest BCUT2D eigenvalue weighted by molar-refractivity contribution is -0.121. The van der Waals surface area contributed by atoms with Crippen molar-refractivity contribution in [3.8, 4) is 10.6 Å².